The number of ketones is 1. The first kappa shape index (κ1) is 23.2. The molecule has 0 saturated carbocycles. The van der Waals surface area contributed by atoms with E-state index < -0.39 is 11.7 Å². The van der Waals surface area contributed by atoms with Gasteiger partial charge in [-0.05, 0) is 56.8 Å². The van der Waals surface area contributed by atoms with E-state index in [1.807, 2.05) is 6.07 Å². The van der Waals surface area contributed by atoms with Crippen molar-refractivity contribution in [3.05, 3.63) is 59.3 Å². The van der Waals surface area contributed by atoms with Gasteiger partial charge in [-0.25, -0.2) is 4.98 Å². The van der Waals surface area contributed by atoms with Crippen molar-refractivity contribution in [2.45, 2.75) is 20.0 Å². The molecule has 0 unspecified atom stereocenters. The highest BCUT2D eigenvalue weighted by molar-refractivity contribution is 6.05. The largest absolute Gasteiger partial charge is 0.416 e. The zero-order chi connectivity index (χ0) is 24.9. The Hall–Kier alpha value is -3.59. The molecular formula is C26H26F3N5O. The van der Waals surface area contributed by atoms with Gasteiger partial charge in [0.1, 0.15) is 0 Å². The third kappa shape index (κ3) is 4.32. The smallest absolute Gasteiger partial charge is 0.369 e. The van der Waals surface area contributed by atoms with Crippen molar-refractivity contribution in [3.63, 3.8) is 0 Å². The molecule has 0 bridgehead atoms. The molecule has 2 N–H and O–H groups in total. The molecule has 1 fully saturated rings. The molecule has 2 aromatic heterocycles. The number of halogens is 3. The summed E-state index contributed by atoms with van der Waals surface area (Å²) in [5, 5.41) is 0. The average Bonchev–Trinajstić information content (AvgIpc) is 3.39. The van der Waals surface area contributed by atoms with Crippen LogP contribution in [-0.4, -0.2) is 58.9 Å². The Morgan fingerprint density at radius 3 is 2.31 bits per heavy atom. The van der Waals surface area contributed by atoms with E-state index in [0.29, 0.717) is 33.9 Å². The number of aromatic amines is 2. The maximum absolute atomic E-state index is 13.1. The standard InChI is InChI=1S/C26H26F3N5O/c1-15-22(16(2)35)23(17-4-6-18(7-5-17)26(27,28)29)24(30-15)25-31-20-9-8-19(14-21(20)32-25)34-12-10-33(3)11-13-34/h4-9,14,30H,10-13H2,1-3H3,(H,31,32). The summed E-state index contributed by atoms with van der Waals surface area (Å²) in [5.41, 5.74) is 4.71. The molecule has 182 valence electrons. The number of alkyl halides is 3. The van der Waals surface area contributed by atoms with Gasteiger partial charge in [0.25, 0.3) is 0 Å². The first-order chi connectivity index (χ1) is 16.6. The predicted octanol–water partition coefficient (Wildman–Crippen LogP) is 5.51. The quantitative estimate of drug-likeness (QED) is 0.378. The van der Waals surface area contributed by atoms with Crippen LogP contribution in [0.3, 0.4) is 0 Å². The van der Waals surface area contributed by atoms with Gasteiger partial charge in [0.2, 0.25) is 0 Å². The van der Waals surface area contributed by atoms with Crippen LogP contribution in [0.1, 0.15) is 28.5 Å². The molecule has 1 aliphatic heterocycles. The molecular weight excluding hydrogens is 455 g/mol. The summed E-state index contributed by atoms with van der Waals surface area (Å²) in [6, 6.07) is 10.9. The molecule has 4 aromatic rings. The second kappa shape index (κ2) is 8.57. The Morgan fingerprint density at radius 2 is 1.69 bits per heavy atom. The van der Waals surface area contributed by atoms with Crippen LogP contribution < -0.4 is 4.90 Å². The summed E-state index contributed by atoms with van der Waals surface area (Å²) >= 11 is 0. The number of nitrogens with one attached hydrogen (secondary N) is 2. The summed E-state index contributed by atoms with van der Waals surface area (Å²) in [6.07, 6.45) is -4.43. The van der Waals surface area contributed by atoms with E-state index in [0.717, 1.165) is 55.0 Å². The minimum atomic E-state index is -4.43. The minimum Gasteiger partial charge on any atom is -0.369 e. The maximum Gasteiger partial charge on any atom is 0.416 e. The fourth-order valence-corrected chi connectivity index (χ4v) is 4.73. The number of benzene rings is 2. The normalized spacial score (nSPS) is 15.2. The molecule has 0 aliphatic carbocycles. The maximum atomic E-state index is 13.1. The van der Waals surface area contributed by atoms with Crippen molar-refractivity contribution in [3.8, 4) is 22.6 Å². The van der Waals surface area contributed by atoms with Gasteiger partial charge in [-0.3, -0.25) is 4.79 Å². The summed E-state index contributed by atoms with van der Waals surface area (Å²) < 4.78 is 39.3. The third-order valence-corrected chi connectivity index (χ3v) is 6.61. The number of H-pyrrole nitrogens is 2. The monoisotopic (exact) mass is 481 g/mol. The number of aryl methyl sites for hydroxylation is 1. The number of rotatable bonds is 4. The van der Waals surface area contributed by atoms with E-state index in [-0.39, 0.29) is 5.78 Å². The summed E-state index contributed by atoms with van der Waals surface area (Å²) in [7, 11) is 2.11. The number of hydrogen-bond donors (Lipinski definition) is 2. The van der Waals surface area contributed by atoms with Crippen LogP contribution >= 0.6 is 0 Å². The van der Waals surface area contributed by atoms with Crippen molar-refractivity contribution < 1.29 is 18.0 Å². The van der Waals surface area contributed by atoms with Gasteiger partial charge in [0.15, 0.2) is 11.6 Å². The van der Waals surface area contributed by atoms with Gasteiger partial charge in [-0.1, -0.05) is 12.1 Å². The summed E-state index contributed by atoms with van der Waals surface area (Å²) in [4.78, 5) is 28.5. The Labute approximate surface area is 200 Å². The number of fused-ring (bicyclic) bond motifs is 1. The van der Waals surface area contributed by atoms with E-state index in [4.69, 9.17) is 4.98 Å². The van der Waals surface area contributed by atoms with Crippen molar-refractivity contribution in [1.29, 1.82) is 0 Å². The fraction of sp³-hybridized carbons (Fsp3) is 0.308. The second-order valence-electron chi connectivity index (χ2n) is 9.08. The Kier molecular flexibility index (Phi) is 5.67. The number of imidazole rings is 1. The van der Waals surface area contributed by atoms with Crippen LogP contribution in [0.5, 0.6) is 0 Å². The molecule has 5 rings (SSSR count). The van der Waals surface area contributed by atoms with Gasteiger partial charge in [0.05, 0.1) is 22.3 Å². The molecule has 9 heteroatoms. The number of hydrogen-bond acceptors (Lipinski definition) is 4. The lowest BCUT2D eigenvalue weighted by molar-refractivity contribution is -0.137. The lowest BCUT2D eigenvalue weighted by Gasteiger charge is -2.34. The zero-order valence-corrected chi connectivity index (χ0v) is 19.8. The molecule has 0 spiro atoms. The van der Waals surface area contributed by atoms with E-state index in [9.17, 15) is 18.0 Å². The number of likely N-dealkylation sites (N-methyl/N-ethyl adjacent to an activating group) is 1. The number of carbonyl (C=O) groups is 1. The second-order valence-corrected chi connectivity index (χ2v) is 9.08. The molecule has 0 radical (unpaired) electrons. The predicted molar refractivity (Wildman–Crippen MR) is 131 cm³/mol. The third-order valence-electron chi connectivity index (χ3n) is 6.61. The topological polar surface area (TPSA) is 68.0 Å². The highest BCUT2D eigenvalue weighted by Gasteiger charge is 2.31. The van der Waals surface area contributed by atoms with Gasteiger partial charge in [-0.2, -0.15) is 13.2 Å². The van der Waals surface area contributed by atoms with Crippen LogP contribution in [-0.2, 0) is 6.18 Å². The molecule has 2 aromatic carbocycles. The number of piperazine rings is 1. The van der Waals surface area contributed by atoms with Crippen molar-refractivity contribution >= 4 is 22.5 Å². The van der Waals surface area contributed by atoms with Gasteiger partial charge in [0, 0.05) is 48.7 Å². The molecule has 1 aliphatic rings. The molecule has 0 atom stereocenters. The Bertz CT molecular complexity index is 1390. The number of nitrogens with zero attached hydrogens (tertiary/aromatic N) is 3. The zero-order valence-electron chi connectivity index (χ0n) is 19.8. The molecule has 0 amide bonds. The van der Waals surface area contributed by atoms with E-state index >= 15 is 0 Å². The minimum absolute atomic E-state index is 0.173. The van der Waals surface area contributed by atoms with Gasteiger partial charge in [-0.15, -0.1) is 0 Å². The van der Waals surface area contributed by atoms with Gasteiger partial charge >= 0.3 is 6.18 Å². The first-order valence-corrected chi connectivity index (χ1v) is 11.5. The number of carbonyl (C=O) groups excluding carboxylic acids is 1. The van der Waals surface area contributed by atoms with Gasteiger partial charge < -0.3 is 19.8 Å². The fourth-order valence-electron chi connectivity index (χ4n) is 4.73. The highest BCUT2D eigenvalue weighted by Crippen LogP contribution is 2.38. The van der Waals surface area contributed by atoms with E-state index in [1.165, 1.54) is 19.1 Å². The molecule has 35 heavy (non-hydrogen) atoms. The van der Waals surface area contributed by atoms with Crippen LogP contribution in [0.15, 0.2) is 42.5 Å². The Balaban J connectivity index is 1.58. The molecule has 6 nitrogen and oxygen atoms in total. The first-order valence-electron chi connectivity index (χ1n) is 11.5. The summed E-state index contributed by atoms with van der Waals surface area (Å²) in [5.74, 6) is 0.356. The number of Topliss-reactive ketones (excluding diaryl/α,β-unsaturated/α-hetero) is 1. The van der Waals surface area contributed by atoms with Crippen molar-refractivity contribution in [2.75, 3.05) is 38.1 Å². The van der Waals surface area contributed by atoms with Crippen molar-refractivity contribution in [2.24, 2.45) is 0 Å². The van der Waals surface area contributed by atoms with E-state index in [1.54, 1.807) is 6.92 Å². The Morgan fingerprint density at radius 1 is 1.00 bits per heavy atom. The number of aromatic nitrogens is 3. The van der Waals surface area contributed by atoms with Crippen LogP contribution in [0.4, 0.5) is 18.9 Å². The SMILES string of the molecule is CC(=O)c1c(C)[nH]c(-c2nc3ccc(N4CCN(C)CC4)cc3[nH]2)c1-c1ccc(C(F)(F)F)cc1. The highest BCUT2D eigenvalue weighted by atomic mass is 19.4. The number of anilines is 1. The average molecular weight is 482 g/mol. The molecule has 1 saturated heterocycles. The lowest BCUT2D eigenvalue weighted by atomic mass is 9.96. The van der Waals surface area contributed by atoms with Crippen LogP contribution in [0.2, 0.25) is 0 Å². The van der Waals surface area contributed by atoms with E-state index in [2.05, 4.69) is 38.9 Å². The lowest BCUT2D eigenvalue weighted by Crippen LogP contribution is -2.44. The molecule has 3 heterocycles. The van der Waals surface area contributed by atoms with Crippen molar-refractivity contribution in [1.82, 2.24) is 19.9 Å². The van der Waals surface area contributed by atoms with Crippen LogP contribution in [0, 0.1) is 6.92 Å². The summed E-state index contributed by atoms with van der Waals surface area (Å²) in [6.45, 7) is 7.12. The van der Waals surface area contributed by atoms with Crippen LogP contribution in [0.25, 0.3) is 33.7 Å².